The molecular weight excluding hydrogens is 406 g/mol. The lowest BCUT2D eigenvalue weighted by atomic mass is 10.1. The molecule has 8 heteroatoms. The van der Waals surface area contributed by atoms with Crippen molar-refractivity contribution in [1.82, 2.24) is 20.6 Å². The number of hydrogen-bond acceptors (Lipinski definition) is 4. The Morgan fingerprint density at radius 3 is 2.69 bits per heavy atom. The monoisotopic (exact) mass is 433 g/mol. The molecule has 4 N–H and O–H groups in total. The lowest BCUT2D eigenvalue weighted by molar-refractivity contribution is -0.121. The fourth-order valence-electron chi connectivity index (χ4n) is 3.82. The van der Waals surface area contributed by atoms with E-state index >= 15 is 0 Å². The number of aromatic nitrogens is 2. The lowest BCUT2D eigenvalue weighted by Crippen LogP contribution is -2.42. The van der Waals surface area contributed by atoms with Crippen molar-refractivity contribution < 1.29 is 14.4 Å². The van der Waals surface area contributed by atoms with Crippen LogP contribution >= 0.6 is 0 Å². The van der Waals surface area contributed by atoms with E-state index in [0.29, 0.717) is 17.8 Å². The highest BCUT2D eigenvalue weighted by molar-refractivity contribution is 6.09. The summed E-state index contributed by atoms with van der Waals surface area (Å²) in [5, 5.41) is 8.36. The zero-order valence-electron chi connectivity index (χ0n) is 17.8. The molecule has 0 saturated heterocycles. The Morgan fingerprint density at radius 1 is 1.00 bits per heavy atom. The van der Waals surface area contributed by atoms with Crippen LogP contribution in [0.15, 0.2) is 48.5 Å². The predicted octanol–water partition coefficient (Wildman–Crippen LogP) is 2.92. The molecule has 0 radical (unpaired) electrons. The number of amides is 3. The van der Waals surface area contributed by atoms with Crippen LogP contribution in [0.5, 0.6) is 0 Å². The van der Waals surface area contributed by atoms with Crippen LogP contribution in [-0.4, -0.2) is 40.3 Å². The van der Waals surface area contributed by atoms with Crippen molar-refractivity contribution in [1.29, 1.82) is 0 Å². The molecule has 0 aliphatic carbocycles. The summed E-state index contributed by atoms with van der Waals surface area (Å²) >= 11 is 0. The number of imidazole rings is 1. The molecule has 0 fully saturated rings. The number of H-pyrrole nitrogens is 1. The van der Waals surface area contributed by atoms with Crippen LogP contribution in [-0.2, 0) is 16.0 Å². The fraction of sp³-hybridized carbons (Fsp3) is 0.333. The maximum Gasteiger partial charge on any atom is 0.254 e. The molecule has 0 spiro atoms. The van der Waals surface area contributed by atoms with Gasteiger partial charge in [0, 0.05) is 19.4 Å². The maximum absolute atomic E-state index is 12.4. The molecule has 166 valence electrons. The molecule has 1 atom stereocenters. The summed E-state index contributed by atoms with van der Waals surface area (Å²) in [6.07, 6.45) is 4.15. The Kier molecular flexibility index (Phi) is 6.79. The second-order valence-corrected chi connectivity index (χ2v) is 7.96. The van der Waals surface area contributed by atoms with E-state index in [0.717, 1.165) is 42.5 Å². The summed E-state index contributed by atoms with van der Waals surface area (Å²) in [7, 11) is 0. The molecule has 2 heterocycles. The molecule has 2 aromatic carbocycles. The third-order valence-electron chi connectivity index (χ3n) is 5.56. The summed E-state index contributed by atoms with van der Waals surface area (Å²) in [5.41, 5.74) is 2.95. The largest absolute Gasteiger partial charge is 0.356 e. The Hall–Kier alpha value is -3.68. The minimum absolute atomic E-state index is 0.119. The first kappa shape index (κ1) is 21.5. The van der Waals surface area contributed by atoms with Crippen LogP contribution in [0, 0.1) is 0 Å². The van der Waals surface area contributed by atoms with Gasteiger partial charge < -0.3 is 20.9 Å². The van der Waals surface area contributed by atoms with E-state index in [2.05, 4.69) is 25.9 Å². The lowest BCUT2D eigenvalue weighted by Gasteiger charge is -2.14. The Balaban J connectivity index is 1.13. The normalized spacial score (nSPS) is 15.6. The standard InChI is InChI=1S/C24H27N5O3/c30-22(14-13-20-24(32)28-17-9-4-3-8-16(17)23(31)29-20)25-15-7-1-2-12-21-26-18-10-5-6-11-19(18)27-21/h3-6,8-11,20H,1-2,7,12-15H2,(H,25,30)(H,26,27)(H,28,32)(H,29,31)/t20-/m0/s1. The molecule has 0 saturated carbocycles. The molecular formula is C24H27N5O3. The number of anilines is 1. The van der Waals surface area contributed by atoms with Gasteiger partial charge in [-0.25, -0.2) is 4.98 Å². The second-order valence-electron chi connectivity index (χ2n) is 7.96. The van der Waals surface area contributed by atoms with Gasteiger partial charge in [0.25, 0.3) is 5.91 Å². The molecule has 8 nitrogen and oxygen atoms in total. The number of fused-ring (bicyclic) bond motifs is 2. The van der Waals surface area contributed by atoms with Crippen molar-refractivity contribution in [3.8, 4) is 0 Å². The number of nitrogens with one attached hydrogen (secondary N) is 4. The number of para-hydroxylation sites is 3. The van der Waals surface area contributed by atoms with E-state index in [4.69, 9.17) is 0 Å². The van der Waals surface area contributed by atoms with E-state index < -0.39 is 6.04 Å². The van der Waals surface area contributed by atoms with Gasteiger partial charge in [0.05, 0.1) is 22.3 Å². The summed E-state index contributed by atoms with van der Waals surface area (Å²) in [5.74, 6) is 0.253. The summed E-state index contributed by atoms with van der Waals surface area (Å²) in [6.45, 7) is 0.591. The second kappa shape index (κ2) is 10.1. The minimum Gasteiger partial charge on any atom is -0.356 e. The van der Waals surface area contributed by atoms with Crippen molar-refractivity contribution in [2.45, 2.75) is 44.6 Å². The number of hydrogen-bond donors (Lipinski definition) is 4. The van der Waals surface area contributed by atoms with Crippen molar-refractivity contribution in [2.24, 2.45) is 0 Å². The SMILES string of the molecule is O=C(CC[C@@H]1NC(=O)c2ccccc2NC1=O)NCCCCCc1nc2ccccc2[nH]1. The number of aryl methyl sites for hydroxylation is 1. The molecule has 0 unspecified atom stereocenters. The first-order chi connectivity index (χ1) is 15.6. The molecule has 1 aliphatic rings. The van der Waals surface area contributed by atoms with Gasteiger partial charge in [0.1, 0.15) is 11.9 Å². The zero-order valence-corrected chi connectivity index (χ0v) is 17.8. The molecule has 4 rings (SSSR count). The summed E-state index contributed by atoms with van der Waals surface area (Å²) in [6, 6.07) is 14.1. The van der Waals surface area contributed by atoms with E-state index in [9.17, 15) is 14.4 Å². The van der Waals surface area contributed by atoms with Gasteiger partial charge in [-0.2, -0.15) is 0 Å². The van der Waals surface area contributed by atoms with Gasteiger partial charge in [-0.1, -0.05) is 30.7 Å². The third kappa shape index (κ3) is 5.32. The van der Waals surface area contributed by atoms with Crippen LogP contribution in [0.2, 0.25) is 0 Å². The molecule has 1 aromatic heterocycles. The molecule has 3 amide bonds. The van der Waals surface area contributed by atoms with E-state index in [-0.39, 0.29) is 30.6 Å². The van der Waals surface area contributed by atoms with Crippen molar-refractivity contribution in [3.63, 3.8) is 0 Å². The Labute approximate surface area is 186 Å². The topological polar surface area (TPSA) is 116 Å². The van der Waals surface area contributed by atoms with Crippen LogP contribution in [0.25, 0.3) is 11.0 Å². The van der Waals surface area contributed by atoms with Gasteiger partial charge in [-0.05, 0) is 43.5 Å². The predicted molar refractivity (Wildman–Crippen MR) is 122 cm³/mol. The van der Waals surface area contributed by atoms with E-state index in [1.54, 1.807) is 24.3 Å². The average molecular weight is 434 g/mol. The van der Waals surface area contributed by atoms with Crippen molar-refractivity contribution in [3.05, 3.63) is 59.9 Å². The van der Waals surface area contributed by atoms with Gasteiger partial charge in [-0.15, -0.1) is 0 Å². The summed E-state index contributed by atoms with van der Waals surface area (Å²) in [4.78, 5) is 44.8. The molecule has 1 aliphatic heterocycles. The van der Waals surface area contributed by atoms with Crippen LogP contribution < -0.4 is 16.0 Å². The molecule has 3 aromatic rings. The number of nitrogens with zero attached hydrogens (tertiary/aromatic N) is 1. The van der Waals surface area contributed by atoms with Crippen molar-refractivity contribution >= 4 is 34.4 Å². The van der Waals surface area contributed by atoms with Crippen LogP contribution in [0.1, 0.15) is 48.3 Å². The highest BCUT2D eigenvalue weighted by atomic mass is 16.2. The average Bonchev–Trinajstić information content (AvgIpc) is 3.16. The summed E-state index contributed by atoms with van der Waals surface area (Å²) < 4.78 is 0. The number of unbranched alkanes of at least 4 members (excludes halogenated alkanes) is 2. The van der Waals surface area contributed by atoms with Crippen LogP contribution in [0.4, 0.5) is 5.69 Å². The number of rotatable bonds is 9. The highest BCUT2D eigenvalue weighted by Crippen LogP contribution is 2.19. The van der Waals surface area contributed by atoms with Crippen LogP contribution in [0.3, 0.4) is 0 Å². The van der Waals surface area contributed by atoms with Gasteiger partial charge in [0.2, 0.25) is 11.8 Å². The van der Waals surface area contributed by atoms with Gasteiger partial charge >= 0.3 is 0 Å². The molecule has 0 bridgehead atoms. The highest BCUT2D eigenvalue weighted by Gasteiger charge is 2.27. The minimum atomic E-state index is -0.732. The first-order valence-corrected chi connectivity index (χ1v) is 11.0. The fourth-order valence-corrected chi connectivity index (χ4v) is 3.82. The van der Waals surface area contributed by atoms with E-state index in [1.165, 1.54) is 0 Å². The van der Waals surface area contributed by atoms with Crippen molar-refractivity contribution in [2.75, 3.05) is 11.9 Å². The van der Waals surface area contributed by atoms with Gasteiger partial charge in [-0.3, -0.25) is 14.4 Å². The maximum atomic E-state index is 12.4. The Morgan fingerprint density at radius 2 is 1.81 bits per heavy atom. The smallest absolute Gasteiger partial charge is 0.254 e. The zero-order chi connectivity index (χ0) is 22.3. The third-order valence-corrected chi connectivity index (χ3v) is 5.56. The quantitative estimate of drug-likeness (QED) is 0.388. The van der Waals surface area contributed by atoms with E-state index in [1.807, 2.05) is 24.3 Å². The Bertz CT molecular complexity index is 1090. The first-order valence-electron chi connectivity index (χ1n) is 11.0. The number of aromatic amines is 1. The number of benzene rings is 2. The number of carbonyl (C=O) groups excluding carboxylic acids is 3. The molecule has 32 heavy (non-hydrogen) atoms. The number of carbonyl (C=O) groups is 3. The van der Waals surface area contributed by atoms with Gasteiger partial charge in [0.15, 0.2) is 0 Å².